The third-order valence-electron chi connectivity index (χ3n) is 5.70. The predicted molar refractivity (Wildman–Crippen MR) is 262 cm³/mol. The number of ether oxygens (including phenoxy) is 8. The first kappa shape index (κ1) is 69.0. The van der Waals surface area contributed by atoms with Crippen molar-refractivity contribution in [1.29, 1.82) is 0 Å². The van der Waals surface area contributed by atoms with Crippen LogP contribution in [-0.4, -0.2) is 153 Å². The van der Waals surface area contributed by atoms with Crippen LogP contribution in [0.4, 0.5) is 0 Å². The average molecular weight is 1470 g/mol. The number of carboxylic acids is 1. The van der Waals surface area contributed by atoms with E-state index in [-0.39, 0.29) is 56.6 Å². The quantitative estimate of drug-likeness (QED) is 0.0318. The van der Waals surface area contributed by atoms with Gasteiger partial charge in [0.25, 0.3) is 13.8 Å². The van der Waals surface area contributed by atoms with Crippen LogP contribution in [0.25, 0.3) is 0 Å². The van der Waals surface area contributed by atoms with Crippen LogP contribution in [0.3, 0.4) is 0 Å². The molecule has 0 unspecified atom stereocenters. The third kappa shape index (κ3) is 88.6. The Morgan fingerprint density at radius 2 is 0.873 bits per heavy atom. The molecular formula is C33H64B2I6NO13-. The molecule has 0 amide bonds. The van der Waals surface area contributed by atoms with E-state index < -0.39 is 5.97 Å². The van der Waals surface area contributed by atoms with Crippen LogP contribution < -0.4 is 19.0 Å². The molecule has 0 rings (SSSR count). The molecule has 328 valence electrons. The second kappa shape index (κ2) is 68.1. The number of terminal acetylenes is 2. The van der Waals surface area contributed by atoms with E-state index >= 15 is 0 Å². The Balaban J connectivity index is -0.000000177. The van der Waals surface area contributed by atoms with Gasteiger partial charge in [-0.1, -0.05) is 19.6 Å². The van der Waals surface area contributed by atoms with E-state index in [9.17, 15) is 9.59 Å². The van der Waals surface area contributed by atoms with E-state index in [4.69, 9.17) is 65.2 Å². The molecule has 0 spiro atoms. The van der Waals surface area contributed by atoms with Gasteiger partial charge in [-0.05, 0) is 25.5 Å². The number of carbonyl (C=O) groups excluding carboxylic acids is 1. The summed E-state index contributed by atoms with van der Waals surface area (Å²) < 4.78 is 42.3. The maximum absolute atomic E-state index is 11.3. The summed E-state index contributed by atoms with van der Waals surface area (Å²) in [6, 6.07) is 0. The van der Waals surface area contributed by atoms with Gasteiger partial charge in [-0.3, -0.25) is 9.59 Å². The van der Waals surface area contributed by atoms with Crippen LogP contribution in [0.1, 0.15) is 38.5 Å². The van der Waals surface area contributed by atoms with Crippen LogP contribution in [0.5, 0.6) is 0 Å². The molecule has 0 aliphatic carbocycles. The first-order valence-electron chi connectivity index (χ1n) is 17.4. The molecule has 0 aromatic heterocycles. The van der Waals surface area contributed by atoms with Gasteiger partial charge < -0.3 is 58.8 Å². The number of ketones is 1. The SMILES string of the molecule is C#CCCC(=O)CCOCCOCCOCCOCCCB(C)O.C#CCN.CB(O)CCCOCCOCCOCCOCCC(=O)O.I.II.I[I-]I. The molecule has 0 aliphatic rings. The van der Waals surface area contributed by atoms with Gasteiger partial charge >= 0.3 is 56.5 Å². The van der Waals surface area contributed by atoms with Crippen molar-refractivity contribution in [1.82, 2.24) is 0 Å². The zero-order chi connectivity index (χ0) is 41.8. The molecule has 22 heteroatoms. The molecule has 0 radical (unpaired) electrons. The van der Waals surface area contributed by atoms with Crippen LogP contribution in [-0.2, 0) is 47.5 Å². The van der Waals surface area contributed by atoms with Crippen molar-refractivity contribution in [3.05, 3.63) is 0 Å². The number of nitrogens with two attached hydrogens (primary N) is 1. The minimum absolute atomic E-state index is 0. The molecule has 0 aromatic rings. The molecule has 0 fully saturated rings. The third-order valence-corrected chi connectivity index (χ3v) is 5.70. The summed E-state index contributed by atoms with van der Waals surface area (Å²) in [5.74, 6) is 3.92. The zero-order valence-electron chi connectivity index (χ0n) is 32.3. The number of halogens is 6. The van der Waals surface area contributed by atoms with Gasteiger partial charge in [-0.2, -0.15) is 0 Å². The molecule has 14 nitrogen and oxygen atoms in total. The fourth-order valence-electron chi connectivity index (χ4n) is 3.17. The van der Waals surface area contributed by atoms with E-state index in [1.165, 1.54) is 0 Å². The van der Waals surface area contributed by atoms with Crippen molar-refractivity contribution in [3.63, 3.8) is 0 Å². The fourth-order valence-corrected chi connectivity index (χ4v) is 3.17. The van der Waals surface area contributed by atoms with Gasteiger partial charge in [0.05, 0.1) is 105 Å². The molecule has 0 atom stereocenters. The molecule has 0 saturated carbocycles. The standard InChI is InChI=1S/C17H31BO6.C13H27BO7.C3H5N.I3.I2.HI/c1-3-4-6-17(19)7-10-22-12-14-24-16-15-23-13-11-21-9-5-8-18(2)20;1-14(17)4-2-5-18-7-9-20-11-12-21-10-8-19-6-3-13(15)16;1-2-3-4;1-3-2;1-2;/h1,20H,4-16H2,2H3;17H,2-12H2,1H3,(H,15,16);1H,3-4H2;;;1H/q;;;-1;;. The minimum atomic E-state index is -0.864. The fraction of sp³-hybridized carbons (Fsp3) is 0.818. The molecule has 0 bridgehead atoms. The van der Waals surface area contributed by atoms with Gasteiger partial charge in [0.2, 0.25) is 0 Å². The monoisotopic (exact) mass is 1470 g/mol. The second-order valence-electron chi connectivity index (χ2n) is 10.5. The summed E-state index contributed by atoms with van der Waals surface area (Å²) in [5, 5.41) is 26.5. The molecule has 55 heavy (non-hydrogen) atoms. The van der Waals surface area contributed by atoms with Crippen LogP contribution in [0.15, 0.2) is 0 Å². The van der Waals surface area contributed by atoms with Crippen molar-refractivity contribution < 1.29 is 75.9 Å². The van der Waals surface area contributed by atoms with E-state index in [1.807, 2.05) is 0 Å². The number of hydrogen-bond acceptors (Lipinski definition) is 13. The Labute approximate surface area is 402 Å². The summed E-state index contributed by atoms with van der Waals surface area (Å²) in [6.07, 6.45) is 14.3. The molecule has 0 saturated heterocycles. The molecular weight excluding hydrogens is 1400 g/mol. The van der Waals surface area contributed by atoms with Crippen molar-refractivity contribution in [2.45, 2.75) is 64.8 Å². The summed E-state index contributed by atoms with van der Waals surface area (Å²) in [4.78, 5) is 21.5. The van der Waals surface area contributed by atoms with Gasteiger partial charge in [0, 0.05) is 69.7 Å². The van der Waals surface area contributed by atoms with Gasteiger partial charge in [-0.15, -0.1) is 42.7 Å². The van der Waals surface area contributed by atoms with E-state index in [2.05, 4.69) is 92.7 Å². The number of hydrogen-bond donors (Lipinski definition) is 4. The predicted octanol–water partition coefficient (Wildman–Crippen LogP) is 2.70. The number of Topliss-reactive ketones (excluding diaryl/α,β-unsaturated/α-hetero) is 1. The van der Waals surface area contributed by atoms with Crippen LogP contribution >= 0.6 is 98.4 Å². The van der Waals surface area contributed by atoms with Crippen molar-refractivity contribution in [2.24, 2.45) is 5.73 Å². The number of rotatable bonds is 34. The van der Waals surface area contributed by atoms with E-state index in [0.717, 1.165) is 25.5 Å². The summed E-state index contributed by atoms with van der Waals surface area (Å²) in [5.41, 5.74) is 4.79. The average Bonchev–Trinajstić information content (AvgIpc) is 3.15. The Bertz CT molecular complexity index is 823. The Hall–Kier alpha value is 2.33. The first-order valence-corrected chi connectivity index (χ1v) is 36.3. The summed E-state index contributed by atoms with van der Waals surface area (Å²) in [7, 11) is 0. The Morgan fingerprint density at radius 3 is 1.13 bits per heavy atom. The maximum atomic E-state index is 11.3. The van der Waals surface area contributed by atoms with Crippen LogP contribution in [0, 0.1) is 24.7 Å². The molecule has 5 N–H and O–H groups in total. The van der Waals surface area contributed by atoms with E-state index in [1.54, 1.807) is 13.6 Å². The van der Waals surface area contributed by atoms with Gasteiger partial charge in [0.15, 0.2) is 0 Å². The van der Waals surface area contributed by atoms with Crippen molar-refractivity contribution >= 4 is 124 Å². The number of aliphatic carboxylic acids is 1. The number of carbonyl (C=O) groups is 2. The normalized spacial score (nSPS) is 9.58. The second-order valence-corrected chi connectivity index (χ2v) is 26.7. The van der Waals surface area contributed by atoms with Crippen molar-refractivity contribution in [3.8, 4) is 24.7 Å². The zero-order valence-corrected chi connectivity index (χ0v) is 45.4. The molecule has 0 heterocycles. The first-order chi connectivity index (χ1) is 26.1. The summed E-state index contributed by atoms with van der Waals surface area (Å²) >= 11 is 9.54. The Kier molecular flexibility index (Phi) is 85.5. The van der Waals surface area contributed by atoms with Gasteiger partial charge in [0.1, 0.15) is 5.78 Å². The topological polar surface area (TPSA) is 195 Å². The Morgan fingerprint density at radius 1 is 0.600 bits per heavy atom. The number of carboxylic acid groups (broad SMARTS) is 1. The van der Waals surface area contributed by atoms with Crippen molar-refractivity contribution in [2.75, 3.05) is 112 Å². The van der Waals surface area contributed by atoms with E-state index in [0.29, 0.717) is 138 Å². The molecule has 0 aliphatic heterocycles. The molecule has 0 aromatic carbocycles. The van der Waals surface area contributed by atoms with Gasteiger partial charge in [-0.25, -0.2) is 0 Å². The van der Waals surface area contributed by atoms with Crippen LogP contribution in [0.2, 0.25) is 26.3 Å². The summed E-state index contributed by atoms with van der Waals surface area (Å²) in [6.45, 7) is 11.2.